The van der Waals surface area contributed by atoms with Crippen molar-refractivity contribution in [3.05, 3.63) is 28.8 Å². The summed E-state index contributed by atoms with van der Waals surface area (Å²) in [5, 5.41) is 2.94. The third kappa shape index (κ3) is 3.23. The number of pyridine rings is 1. The van der Waals surface area contributed by atoms with E-state index >= 15 is 0 Å². The number of nitrogens with zero attached hydrogens (tertiary/aromatic N) is 3. The van der Waals surface area contributed by atoms with Gasteiger partial charge in [0.15, 0.2) is 5.65 Å². The standard InChI is InChI=1S/C16H23N5O2/c1-2-3-8-18-15(22)20-10-6-12(7-11-20)21-14-13(19-16(21)23)5-4-9-17-14/h4-5,9,12H,2-3,6-8,10-11H2,1H3,(H,18,22)(H,19,23). The first kappa shape index (κ1) is 15.6. The molecule has 2 aromatic rings. The minimum atomic E-state index is -0.121. The topological polar surface area (TPSA) is 83.0 Å². The van der Waals surface area contributed by atoms with Gasteiger partial charge in [0.2, 0.25) is 0 Å². The molecule has 3 heterocycles. The van der Waals surface area contributed by atoms with E-state index in [1.54, 1.807) is 10.8 Å². The van der Waals surface area contributed by atoms with Crippen LogP contribution in [0.1, 0.15) is 38.6 Å². The van der Waals surface area contributed by atoms with Crippen LogP contribution in [0.2, 0.25) is 0 Å². The number of nitrogens with one attached hydrogen (secondary N) is 2. The highest BCUT2D eigenvalue weighted by molar-refractivity contribution is 5.74. The van der Waals surface area contributed by atoms with E-state index in [9.17, 15) is 9.59 Å². The molecule has 23 heavy (non-hydrogen) atoms. The molecule has 1 aliphatic heterocycles. The lowest BCUT2D eigenvalue weighted by Crippen LogP contribution is -2.45. The van der Waals surface area contributed by atoms with Gasteiger partial charge in [-0.25, -0.2) is 14.6 Å². The van der Waals surface area contributed by atoms with Crippen LogP contribution in [0.5, 0.6) is 0 Å². The quantitative estimate of drug-likeness (QED) is 0.845. The van der Waals surface area contributed by atoms with Crippen LogP contribution >= 0.6 is 0 Å². The van der Waals surface area contributed by atoms with Gasteiger partial charge in [0.25, 0.3) is 0 Å². The van der Waals surface area contributed by atoms with E-state index in [2.05, 4.69) is 22.2 Å². The predicted octanol–water partition coefficient (Wildman–Crippen LogP) is 1.87. The number of carbonyl (C=O) groups is 1. The summed E-state index contributed by atoms with van der Waals surface area (Å²) in [4.78, 5) is 33.3. The first-order valence-electron chi connectivity index (χ1n) is 8.28. The molecule has 0 saturated carbocycles. The fourth-order valence-corrected chi connectivity index (χ4v) is 3.11. The average molecular weight is 317 g/mol. The van der Waals surface area contributed by atoms with Gasteiger partial charge in [-0.15, -0.1) is 0 Å². The SMILES string of the molecule is CCCCNC(=O)N1CCC(n2c(=O)[nH]c3cccnc32)CC1. The molecule has 2 aromatic heterocycles. The van der Waals surface area contributed by atoms with E-state index in [1.165, 1.54) is 0 Å². The number of aromatic nitrogens is 3. The zero-order valence-corrected chi connectivity index (χ0v) is 13.4. The largest absolute Gasteiger partial charge is 0.338 e. The number of imidazole rings is 1. The highest BCUT2D eigenvalue weighted by Crippen LogP contribution is 2.23. The minimum Gasteiger partial charge on any atom is -0.338 e. The molecule has 0 aliphatic carbocycles. The molecule has 1 fully saturated rings. The Morgan fingerprint density at radius 2 is 2.22 bits per heavy atom. The lowest BCUT2D eigenvalue weighted by atomic mass is 10.1. The van der Waals surface area contributed by atoms with Crippen molar-refractivity contribution in [3.63, 3.8) is 0 Å². The number of rotatable bonds is 4. The summed E-state index contributed by atoms with van der Waals surface area (Å²) >= 11 is 0. The van der Waals surface area contributed by atoms with Crippen molar-refractivity contribution in [1.82, 2.24) is 24.8 Å². The van der Waals surface area contributed by atoms with Crippen molar-refractivity contribution in [3.8, 4) is 0 Å². The molecule has 3 rings (SSSR count). The van der Waals surface area contributed by atoms with Crippen LogP contribution < -0.4 is 11.0 Å². The first-order valence-corrected chi connectivity index (χ1v) is 8.28. The van der Waals surface area contributed by atoms with Crippen molar-refractivity contribution in [2.24, 2.45) is 0 Å². The molecule has 124 valence electrons. The fourth-order valence-electron chi connectivity index (χ4n) is 3.11. The van der Waals surface area contributed by atoms with Gasteiger partial charge in [-0.2, -0.15) is 0 Å². The van der Waals surface area contributed by atoms with Crippen molar-refractivity contribution in [1.29, 1.82) is 0 Å². The second-order valence-electron chi connectivity index (χ2n) is 5.98. The molecule has 0 aromatic carbocycles. The fraction of sp³-hybridized carbons (Fsp3) is 0.562. The molecule has 7 nitrogen and oxygen atoms in total. The highest BCUT2D eigenvalue weighted by atomic mass is 16.2. The van der Waals surface area contributed by atoms with Gasteiger partial charge < -0.3 is 15.2 Å². The number of H-pyrrole nitrogens is 1. The Bertz CT molecular complexity index is 727. The van der Waals surface area contributed by atoms with Crippen LogP contribution in [-0.2, 0) is 0 Å². The maximum Gasteiger partial charge on any atom is 0.327 e. The van der Waals surface area contributed by atoms with Crippen molar-refractivity contribution in [2.75, 3.05) is 19.6 Å². The van der Waals surface area contributed by atoms with E-state index in [-0.39, 0.29) is 17.8 Å². The summed E-state index contributed by atoms with van der Waals surface area (Å²) in [6.45, 7) is 4.15. The molecule has 0 unspecified atom stereocenters. The molecule has 0 bridgehead atoms. The third-order valence-corrected chi connectivity index (χ3v) is 4.40. The van der Waals surface area contributed by atoms with Crippen LogP contribution in [0.25, 0.3) is 11.2 Å². The van der Waals surface area contributed by atoms with Crippen LogP contribution in [0, 0.1) is 0 Å². The number of unbranched alkanes of at least 4 members (excludes halogenated alkanes) is 1. The normalized spacial score (nSPS) is 16.0. The van der Waals surface area contributed by atoms with Gasteiger partial charge in [-0.1, -0.05) is 13.3 Å². The van der Waals surface area contributed by atoms with Gasteiger partial charge in [-0.3, -0.25) is 4.57 Å². The Kier molecular flexibility index (Phi) is 4.64. The number of likely N-dealkylation sites (tertiary alicyclic amines) is 1. The van der Waals surface area contributed by atoms with Crippen molar-refractivity contribution >= 4 is 17.2 Å². The predicted molar refractivity (Wildman–Crippen MR) is 88.5 cm³/mol. The molecule has 0 atom stereocenters. The highest BCUT2D eigenvalue weighted by Gasteiger charge is 2.26. The van der Waals surface area contributed by atoms with Gasteiger partial charge in [0.1, 0.15) is 0 Å². The number of amides is 2. The zero-order valence-electron chi connectivity index (χ0n) is 13.4. The summed E-state index contributed by atoms with van der Waals surface area (Å²) in [7, 11) is 0. The van der Waals surface area contributed by atoms with Crippen molar-refractivity contribution < 1.29 is 4.79 Å². The van der Waals surface area contributed by atoms with E-state index in [4.69, 9.17) is 0 Å². The number of hydrogen-bond acceptors (Lipinski definition) is 3. The smallest absolute Gasteiger partial charge is 0.327 e. The summed E-state index contributed by atoms with van der Waals surface area (Å²) in [6.07, 6.45) is 5.30. The molecule has 2 amide bonds. The number of piperidine rings is 1. The molecule has 1 saturated heterocycles. The van der Waals surface area contributed by atoms with E-state index < -0.39 is 0 Å². The summed E-state index contributed by atoms with van der Waals surface area (Å²) in [6, 6.07) is 3.76. The Morgan fingerprint density at radius 3 is 2.96 bits per heavy atom. The number of urea groups is 1. The molecular formula is C16H23N5O2. The Labute approximate surface area is 134 Å². The van der Waals surface area contributed by atoms with Gasteiger partial charge in [0.05, 0.1) is 5.52 Å². The molecular weight excluding hydrogens is 294 g/mol. The zero-order chi connectivity index (χ0) is 16.2. The number of aromatic amines is 1. The monoisotopic (exact) mass is 317 g/mol. The Morgan fingerprint density at radius 1 is 1.43 bits per heavy atom. The van der Waals surface area contributed by atoms with Crippen LogP contribution in [-0.4, -0.2) is 45.1 Å². The molecule has 7 heteroatoms. The second-order valence-corrected chi connectivity index (χ2v) is 5.98. The van der Waals surface area contributed by atoms with Crippen LogP contribution in [0.3, 0.4) is 0 Å². The Hall–Kier alpha value is -2.31. The maximum atomic E-state index is 12.2. The van der Waals surface area contributed by atoms with Crippen LogP contribution in [0.15, 0.2) is 23.1 Å². The van der Waals surface area contributed by atoms with Crippen LogP contribution in [0.4, 0.5) is 4.79 Å². The van der Waals surface area contributed by atoms with Gasteiger partial charge in [0, 0.05) is 31.9 Å². The number of carbonyl (C=O) groups excluding carboxylic acids is 1. The van der Waals surface area contributed by atoms with Gasteiger partial charge >= 0.3 is 11.7 Å². The lowest BCUT2D eigenvalue weighted by molar-refractivity contribution is 0.171. The average Bonchev–Trinajstić information content (AvgIpc) is 2.91. The van der Waals surface area contributed by atoms with E-state index in [1.807, 2.05) is 17.0 Å². The first-order chi connectivity index (χ1) is 11.2. The molecule has 1 aliphatic rings. The van der Waals surface area contributed by atoms with Gasteiger partial charge in [-0.05, 0) is 31.4 Å². The minimum absolute atomic E-state index is 0.00120. The number of hydrogen-bond donors (Lipinski definition) is 2. The maximum absolute atomic E-state index is 12.2. The summed E-state index contributed by atoms with van der Waals surface area (Å²) in [5.41, 5.74) is 1.34. The third-order valence-electron chi connectivity index (χ3n) is 4.40. The van der Waals surface area contributed by atoms with E-state index in [0.29, 0.717) is 18.7 Å². The lowest BCUT2D eigenvalue weighted by Gasteiger charge is -2.32. The number of fused-ring (bicyclic) bond motifs is 1. The summed E-state index contributed by atoms with van der Waals surface area (Å²) in [5.74, 6) is 0. The molecule has 2 N–H and O–H groups in total. The molecule has 0 radical (unpaired) electrons. The Balaban J connectivity index is 1.65. The van der Waals surface area contributed by atoms with Crippen molar-refractivity contribution in [2.45, 2.75) is 38.6 Å². The molecule has 0 spiro atoms. The second kappa shape index (κ2) is 6.85. The summed E-state index contributed by atoms with van der Waals surface area (Å²) < 4.78 is 1.74. The van der Waals surface area contributed by atoms with E-state index in [0.717, 1.165) is 37.7 Å².